The molecule has 38 heavy (non-hydrogen) atoms. The molecule has 4 aromatic carbocycles. The van der Waals surface area contributed by atoms with Crippen LogP contribution in [-0.4, -0.2) is 19.4 Å². The molecule has 0 aromatic heterocycles. The summed E-state index contributed by atoms with van der Waals surface area (Å²) in [5, 5.41) is 5.97. The van der Waals surface area contributed by atoms with Crippen LogP contribution in [0.25, 0.3) is 10.8 Å². The predicted octanol–water partition coefficient (Wildman–Crippen LogP) is 3.17. The van der Waals surface area contributed by atoms with Gasteiger partial charge in [-0.3, -0.25) is 6.08 Å². The van der Waals surface area contributed by atoms with Gasteiger partial charge >= 0.3 is 99.2 Å². The summed E-state index contributed by atoms with van der Waals surface area (Å²) in [5.41, 5.74) is 2.66. The molecule has 0 unspecified atom stereocenters. The Morgan fingerprint density at radius 3 is 1.63 bits per heavy atom. The van der Waals surface area contributed by atoms with Crippen LogP contribution in [0.1, 0.15) is 17.5 Å². The summed E-state index contributed by atoms with van der Waals surface area (Å²) >= 11 is 1.46. The Kier molecular flexibility index (Phi) is 14.5. The molecule has 1 aliphatic carbocycles. The quantitative estimate of drug-likeness (QED) is 0.235. The van der Waals surface area contributed by atoms with E-state index in [2.05, 4.69) is 155 Å². The van der Waals surface area contributed by atoms with E-state index in [0.717, 1.165) is 6.42 Å². The first-order valence-corrected chi connectivity index (χ1v) is 20.9. The van der Waals surface area contributed by atoms with E-state index >= 15 is 0 Å². The van der Waals surface area contributed by atoms with Gasteiger partial charge in [0.1, 0.15) is 0 Å². The third-order valence-electron chi connectivity index (χ3n) is 6.08. The minimum atomic E-state index is -1.13. The molecule has 0 atom stereocenters. The zero-order valence-electron chi connectivity index (χ0n) is 23.4. The summed E-state index contributed by atoms with van der Waals surface area (Å²) in [6.07, 6.45) is 7.06. The Hall–Kier alpha value is -1.48. The fourth-order valence-electron chi connectivity index (χ4n) is 4.25. The van der Waals surface area contributed by atoms with Crippen molar-refractivity contribution in [3.8, 4) is 0 Å². The van der Waals surface area contributed by atoms with Gasteiger partial charge in [0.15, 0.2) is 0 Å². The summed E-state index contributed by atoms with van der Waals surface area (Å²) in [6.45, 7) is 14.6. The second-order valence-corrected chi connectivity index (χ2v) is 22.4. The Morgan fingerprint density at radius 2 is 1.18 bits per heavy atom. The van der Waals surface area contributed by atoms with Gasteiger partial charge in [0, 0.05) is 8.07 Å². The maximum Gasteiger partial charge on any atom is -0.0809 e. The van der Waals surface area contributed by atoms with Crippen molar-refractivity contribution in [2.75, 3.05) is 0 Å². The van der Waals surface area contributed by atoms with Crippen molar-refractivity contribution in [3.63, 3.8) is 0 Å². The molecule has 198 valence electrons. The SMILES string of the molecule is C[Si](C)(C)C1=[C-]CC=C1[Si](C)(C)C.[Cl-].[Cl-].[Zr+2]=[C](c1ccccc1)c1ccccc1.c1ccc2[cH-]ccc2c1. The second-order valence-electron chi connectivity index (χ2n) is 11.1. The topological polar surface area (TPSA) is 0 Å². The fraction of sp³-hybridized carbons (Fsp3) is 0.212. The number of hydrogen-bond acceptors (Lipinski definition) is 0. The molecule has 0 aliphatic heterocycles. The number of benzene rings is 3. The van der Waals surface area contributed by atoms with Gasteiger partial charge in [0.2, 0.25) is 0 Å². The minimum absolute atomic E-state index is 0. The van der Waals surface area contributed by atoms with Crippen molar-refractivity contribution in [1.29, 1.82) is 0 Å². The standard InChI is InChI=1S/C13H10.C11H21Si2.C9H7.2ClH.Zr/c1-3-7-12(8-4-1)11-13-9-5-2-6-10-13;1-12(2,3)10-8-7-9-11(10)13(4,5)6;1-2-5-9-7-3-6-8(9)4-1;;;/h1-10H;8H,7H2,1-6H3;1-7H;2*1H;/q;2*-1;;;+2/p-2. The Balaban J connectivity index is 0.000000283. The van der Waals surface area contributed by atoms with Crippen LogP contribution in [0.5, 0.6) is 0 Å². The molecule has 0 spiro atoms. The normalized spacial score (nSPS) is 12.4. The van der Waals surface area contributed by atoms with Gasteiger partial charge in [-0.15, -0.1) is 36.1 Å². The Bertz CT molecular complexity index is 1230. The fourth-order valence-corrected chi connectivity index (χ4v) is 10.4. The van der Waals surface area contributed by atoms with Crippen molar-refractivity contribution in [2.24, 2.45) is 0 Å². The van der Waals surface area contributed by atoms with Gasteiger partial charge in [0.05, 0.1) is 0 Å². The Morgan fingerprint density at radius 1 is 0.684 bits per heavy atom. The first kappa shape index (κ1) is 34.5. The van der Waals surface area contributed by atoms with Crippen LogP contribution in [-0.2, 0) is 24.2 Å². The molecule has 0 saturated heterocycles. The zero-order chi connectivity index (χ0) is 26.2. The number of halogens is 2. The van der Waals surface area contributed by atoms with Gasteiger partial charge in [-0.25, -0.2) is 10.4 Å². The van der Waals surface area contributed by atoms with Crippen molar-refractivity contribution >= 4 is 30.1 Å². The number of allylic oxidation sites excluding steroid dienone is 4. The van der Waals surface area contributed by atoms with Crippen LogP contribution in [0, 0.1) is 6.08 Å². The summed E-state index contributed by atoms with van der Waals surface area (Å²) in [4.78, 5) is 0. The predicted molar refractivity (Wildman–Crippen MR) is 162 cm³/mol. The summed E-state index contributed by atoms with van der Waals surface area (Å²) < 4.78 is 1.42. The molecule has 0 amide bonds. The molecule has 1 aliphatic rings. The van der Waals surface area contributed by atoms with E-state index in [4.69, 9.17) is 0 Å². The van der Waals surface area contributed by atoms with E-state index in [1.54, 1.807) is 10.4 Å². The number of fused-ring (bicyclic) bond motifs is 1. The minimum Gasteiger partial charge on any atom is -0.168 e. The van der Waals surface area contributed by atoms with E-state index in [1.165, 1.54) is 49.3 Å². The average Bonchev–Trinajstić information content (AvgIpc) is 3.55. The first-order valence-electron chi connectivity index (χ1n) is 12.7. The maximum absolute atomic E-state index is 3.57. The molecule has 0 radical (unpaired) electrons. The van der Waals surface area contributed by atoms with Crippen molar-refractivity contribution < 1.29 is 49.0 Å². The molecule has 0 heterocycles. The summed E-state index contributed by atoms with van der Waals surface area (Å²) in [6, 6.07) is 35.8. The van der Waals surface area contributed by atoms with Crippen LogP contribution < -0.4 is 24.8 Å². The van der Waals surface area contributed by atoms with E-state index < -0.39 is 16.1 Å². The molecule has 5 rings (SSSR count). The number of rotatable bonds is 4. The van der Waals surface area contributed by atoms with Crippen molar-refractivity contribution in [2.45, 2.75) is 45.7 Å². The van der Waals surface area contributed by atoms with E-state index in [0.29, 0.717) is 0 Å². The largest absolute Gasteiger partial charge is 0.168 e. The van der Waals surface area contributed by atoms with Crippen LogP contribution >= 0.6 is 0 Å². The van der Waals surface area contributed by atoms with Gasteiger partial charge in [-0.1, -0.05) is 45.3 Å². The molecule has 0 bridgehead atoms. The van der Waals surface area contributed by atoms with Gasteiger partial charge in [-0.2, -0.15) is 23.6 Å². The van der Waals surface area contributed by atoms with Crippen molar-refractivity contribution in [3.05, 3.63) is 137 Å². The van der Waals surface area contributed by atoms with Gasteiger partial charge < -0.3 is 24.8 Å². The molecule has 5 heteroatoms. The third kappa shape index (κ3) is 10.2. The van der Waals surface area contributed by atoms with Crippen LogP contribution in [0.2, 0.25) is 39.3 Å². The third-order valence-corrected chi connectivity index (χ3v) is 11.8. The first-order chi connectivity index (χ1) is 17.1. The monoisotopic (exact) mass is 650 g/mol. The molecular formula is C33H38Cl2Si2Zr-2. The van der Waals surface area contributed by atoms with Gasteiger partial charge in [0.25, 0.3) is 0 Å². The average molecular weight is 653 g/mol. The molecule has 0 nitrogen and oxygen atoms in total. The van der Waals surface area contributed by atoms with Crippen LogP contribution in [0.15, 0.2) is 120 Å². The summed E-state index contributed by atoms with van der Waals surface area (Å²) in [5.74, 6) is 0. The van der Waals surface area contributed by atoms with Crippen LogP contribution in [0.4, 0.5) is 0 Å². The van der Waals surface area contributed by atoms with E-state index in [-0.39, 0.29) is 24.8 Å². The Labute approximate surface area is 259 Å². The van der Waals surface area contributed by atoms with Crippen molar-refractivity contribution in [1.82, 2.24) is 0 Å². The molecule has 0 saturated carbocycles. The number of hydrogen-bond donors (Lipinski definition) is 0. The molecule has 4 aromatic rings. The van der Waals surface area contributed by atoms with Crippen LogP contribution in [0.3, 0.4) is 0 Å². The molecule has 0 fully saturated rings. The maximum atomic E-state index is 3.57. The summed E-state index contributed by atoms with van der Waals surface area (Å²) in [7, 11) is -2.23. The zero-order valence-corrected chi connectivity index (χ0v) is 29.3. The second kappa shape index (κ2) is 15.9. The molecule has 0 N–H and O–H groups in total. The van der Waals surface area contributed by atoms with E-state index in [9.17, 15) is 0 Å². The smallest absolute Gasteiger partial charge is 0.0809 e. The van der Waals surface area contributed by atoms with Gasteiger partial charge in [-0.05, 0) is 8.07 Å². The molecular weight excluding hydrogens is 615 g/mol. The van der Waals surface area contributed by atoms with E-state index in [1.807, 2.05) is 0 Å².